The molecule has 2 aromatic rings. The van der Waals surface area contributed by atoms with Crippen LogP contribution in [0.25, 0.3) is 11.0 Å². The number of benzene rings is 1. The lowest BCUT2D eigenvalue weighted by molar-refractivity contribution is -0.124. The Morgan fingerprint density at radius 3 is 2.54 bits per heavy atom. The molecular weight excluding hydrogens is 334 g/mol. The minimum absolute atomic E-state index is 0.112. The highest BCUT2D eigenvalue weighted by Crippen LogP contribution is 2.29. The number of fused-ring (bicyclic) bond motifs is 1. The molecule has 1 heterocycles. The van der Waals surface area contributed by atoms with Crippen LogP contribution in [0.4, 0.5) is 0 Å². The smallest absolute Gasteiger partial charge is 0.339 e. The Balaban J connectivity index is 2.17. The van der Waals surface area contributed by atoms with Crippen molar-refractivity contribution < 1.29 is 19.1 Å². The molecule has 0 saturated heterocycles. The van der Waals surface area contributed by atoms with Crippen molar-refractivity contribution >= 4 is 16.9 Å². The molecule has 0 saturated carbocycles. The van der Waals surface area contributed by atoms with E-state index in [4.69, 9.17) is 9.15 Å². The molecule has 2 rings (SSSR count). The van der Waals surface area contributed by atoms with E-state index in [1.165, 1.54) is 0 Å². The van der Waals surface area contributed by atoms with E-state index in [9.17, 15) is 14.7 Å². The number of carbonyl (C=O) groups excluding carboxylic acids is 1. The molecule has 0 fully saturated rings. The van der Waals surface area contributed by atoms with Gasteiger partial charge in [-0.15, -0.1) is 0 Å². The van der Waals surface area contributed by atoms with Gasteiger partial charge in [0.15, 0.2) is 6.61 Å². The highest BCUT2D eigenvalue weighted by Gasteiger charge is 2.18. The van der Waals surface area contributed by atoms with Crippen LogP contribution < -0.4 is 15.7 Å². The number of nitrogens with one attached hydrogen (secondary N) is 1. The predicted molar refractivity (Wildman–Crippen MR) is 101 cm³/mol. The van der Waals surface area contributed by atoms with Gasteiger partial charge in [-0.1, -0.05) is 20.3 Å². The normalized spacial score (nSPS) is 13.5. The van der Waals surface area contributed by atoms with Gasteiger partial charge in [-0.25, -0.2) is 4.79 Å². The molecule has 6 heteroatoms. The lowest BCUT2D eigenvalue weighted by Crippen LogP contribution is -2.43. The van der Waals surface area contributed by atoms with Crippen molar-refractivity contribution in [1.82, 2.24) is 5.32 Å². The third-order valence-corrected chi connectivity index (χ3v) is 5.06. The molecule has 2 atom stereocenters. The zero-order chi connectivity index (χ0) is 19.4. The molecule has 26 heavy (non-hydrogen) atoms. The van der Waals surface area contributed by atoms with Gasteiger partial charge >= 0.3 is 5.63 Å². The highest BCUT2D eigenvalue weighted by molar-refractivity contribution is 5.85. The number of aliphatic hydroxyl groups is 1. The lowest BCUT2D eigenvalue weighted by Gasteiger charge is -2.22. The van der Waals surface area contributed by atoms with Crippen molar-refractivity contribution in [3.8, 4) is 5.75 Å². The fourth-order valence-electron chi connectivity index (χ4n) is 2.83. The Bertz CT molecular complexity index is 855. The van der Waals surface area contributed by atoms with E-state index in [-0.39, 0.29) is 36.7 Å². The van der Waals surface area contributed by atoms with Crippen LogP contribution in [-0.2, 0) is 4.79 Å². The van der Waals surface area contributed by atoms with Crippen LogP contribution >= 0.6 is 0 Å². The summed E-state index contributed by atoms with van der Waals surface area (Å²) in [5, 5.41) is 13.0. The van der Waals surface area contributed by atoms with Gasteiger partial charge in [0.25, 0.3) is 5.91 Å². The van der Waals surface area contributed by atoms with E-state index in [0.29, 0.717) is 22.5 Å². The van der Waals surface area contributed by atoms with Crippen LogP contribution in [0.15, 0.2) is 21.3 Å². The average Bonchev–Trinajstić information content (AvgIpc) is 2.63. The Morgan fingerprint density at radius 2 is 1.92 bits per heavy atom. The second-order valence-electron chi connectivity index (χ2n) is 6.74. The number of hydrogen-bond acceptors (Lipinski definition) is 5. The minimum atomic E-state index is -0.368. The van der Waals surface area contributed by atoms with Crippen molar-refractivity contribution in [3.05, 3.63) is 39.2 Å². The molecule has 2 N–H and O–H groups in total. The topological polar surface area (TPSA) is 88.8 Å². The maximum absolute atomic E-state index is 12.1. The summed E-state index contributed by atoms with van der Waals surface area (Å²) in [6.45, 7) is 9.11. The Hall–Kier alpha value is -2.34. The summed E-state index contributed by atoms with van der Waals surface area (Å²) < 4.78 is 11.0. The zero-order valence-electron chi connectivity index (χ0n) is 16.0. The maximum Gasteiger partial charge on any atom is 0.339 e. The summed E-state index contributed by atoms with van der Waals surface area (Å²) in [7, 11) is 0. The molecule has 2 unspecified atom stereocenters. The summed E-state index contributed by atoms with van der Waals surface area (Å²) in [5.74, 6) is 0.361. The van der Waals surface area contributed by atoms with Crippen LogP contribution in [0.1, 0.15) is 37.0 Å². The van der Waals surface area contributed by atoms with Gasteiger partial charge in [0.1, 0.15) is 11.3 Å². The van der Waals surface area contributed by atoms with Crippen LogP contribution in [0.3, 0.4) is 0 Å². The van der Waals surface area contributed by atoms with Crippen molar-refractivity contribution in [2.75, 3.05) is 13.2 Å². The number of aryl methyl sites for hydroxylation is 2. The molecular formula is C20H27NO5. The van der Waals surface area contributed by atoms with E-state index in [1.807, 2.05) is 26.8 Å². The standard InChI is InChI=1S/C20H27NO5/c1-6-11(2)16(9-22)21-18(23)10-25-17-8-7-15-12(3)13(4)20(24)26-19(15)14(17)5/h7-8,11,16,22H,6,9-10H2,1-5H3,(H,21,23). The van der Waals surface area contributed by atoms with Crippen LogP contribution in [0.2, 0.25) is 0 Å². The number of amides is 1. The second kappa shape index (κ2) is 8.36. The molecule has 142 valence electrons. The monoisotopic (exact) mass is 361 g/mol. The summed E-state index contributed by atoms with van der Waals surface area (Å²) in [5.41, 5.74) is 2.25. The number of rotatable bonds is 7. The van der Waals surface area contributed by atoms with Crippen LogP contribution in [0.5, 0.6) is 5.75 Å². The third kappa shape index (κ3) is 4.07. The minimum Gasteiger partial charge on any atom is -0.483 e. The van der Waals surface area contributed by atoms with E-state index in [0.717, 1.165) is 17.4 Å². The number of ether oxygens (including phenoxy) is 1. The molecule has 0 aliphatic rings. The van der Waals surface area contributed by atoms with Gasteiger partial charge in [0.2, 0.25) is 0 Å². The largest absolute Gasteiger partial charge is 0.483 e. The van der Waals surface area contributed by atoms with Gasteiger partial charge < -0.3 is 19.6 Å². The van der Waals surface area contributed by atoms with Gasteiger partial charge in [-0.2, -0.15) is 0 Å². The zero-order valence-corrected chi connectivity index (χ0v) is 16.0. The predicted octanol–water partition coefficient (Wildman–Crippen LogP) is 2.62. The van der Waals surface area contributed by atoms with E-state index >= 15 is 0 Å². The molecule has 1 aromatic carbocycles. The fourth-order valence-corrected chi connectivity index (χ4v) is 2.83. The first-order valence-corrected chi connectivity index (χ1v) is 8.86. The lowest BCUT2D eigenvalue weighted by atomic mass is 10.00. The molecule has 6 nitrogen and oxygen atoms in total. The summed E-state index contributed by atoms with van der Waals surface area (Å²) >= 11 is 0. The van der Waals surface area contributed by atoms with E-state index in [1.54, 1.807) is 19.9 Å². The maximum atomic E-state index is 12.1. The SMILES string of the molecule is CCC(C)C(CO)NC(=O)COc1ccc2c(C)c(C)c(=O)oc2c1C. The average molecular weight is 361 g/mol. The molecule has 1 aromatic heterocycles. The second-order valence-corrected chi connectivity index (χ2v) is 6.74. The Morgan fingerprint density at radius 1 is 1.23 bits per heavy atom. The molecule has 1 amide bonds. The first kappa shape index (κ1) is 20.0. The molecule has 0 aliphatic heterocycles. The van der Waals surface area contributed by atoms with Gasteiger partial charge in [0.05, 0.1) is 12.6 Å². The van der Waals surface area contributed by atoms with Gasteiger partial charge in [0, 0.05) is 16.5 Å². The quantitative estimate of drug-likeness (QED) is 0.740. The van der Waals surface area contributed by atoms with Crippen molar-refractivity contribution in [3.63, 3.8) is 0 Å². The summed E-state index contributed by atoms with van der Waals surface area (Å²) in [4.78, 5) is 24.0. The number of carbonyl (C=O) groups is 1. The van der Waals surface area contributed by atoms with Crippen molar-refractivity contribution in [2.24, 2.45) is 5.92 Å². The first-order valence-electron chi connectivity index (χ1n) is 8.86. The van der Waals surface area contributed by atoms with Crippen LogP contribution in [0, 0.1) is 26.7 Å². The molecule has 0 aliphatic carbocycles. The van der Waals surface area contributed by atoms with Crippen molar-refractivity contribution in [2.45, 2.75) is 47.1 Å². The Kier molecular flexibility index (Phi) is 6.42. The van der Waals surface area contributed by atoms with E-state index < -0.39 is 0 Å². The molecule has 0 radical (unpaired) electrons. The number of aliphatic hydroxyl groups excluding tert-OH is 1. The molecule has 0 spiro atoms. The fraction of sp³-hybridized carbons (Fsp3) is 0.500. The Labute approximate surface area is 153 Å². The van der Waals surface area contributed by atoms with Gasteiger partial charge in [-0.3, -0.25) is 4.79 Å². The third-order valence-electron chi connectivity index (χ3n) is 5.06. The van der Waals surface area contributed by atoms with Crippen LogP contribution in [-0.4, -0.2) is 30.3 Å². The van der Waals surface area contributed by atoms with Crippen molar-refractivity contribution in [1.29, 1.82) is 0 Å². The summed E-state index contributed by atoms with van der Waals surface area (Å²) in [6.07, 6.45) is 0.855. The molecule has 0 bridgehead atoms. The van der Waals surface area contributed by atoms with Gasteiger partial charge in [-0.05, 0) is 44.4 Å². The van der Waals surface area contributed by atoms with E-state index in [2.05, 4.69) is 5.32 Å². The highest BCUT2D eigenvalue weighted by atomic mass is 16.5. The number of hydrogen-bond donors (Lipinski definition) is 2. The summed E-state index contributed by atoms with van der Waals surface area (Å²) in [6, 6.07) is 3.31. The first-order chi connectivity index (χ1) is 12.3.